The Labute approximate surface area is 121 Å². The number of carbonyl (C=O) groups is 1. The van der Waals surface area contributed by atoms with Crippen LogP contribution in [0.25, 0.3) is 17.7 Å². The van der Waals surface area contributed by atoms with E-state index in [-0.39, 0.29) is 10.8 Å². The second kappa shape index (κ2) is 5.10. The highest BCUT2D eigenvalue weighted by molar-refractivity contribution is 7.14. The number of thiophene rings is 1. The molecule has 100 valence electrons. The summed E-state index contributed by atoms with van der Waals surface area (Å²) in [5.41, 5.74) is 3.31. The van der Waals surface area contributed by atoms with E-state index in [0.717, 1.165) is 28.0 Å². The van der Waals surface area contributed by atoms with Crippen LogP contribution in [0.3, 0.4) is 0 Å². The maximum atomic E-state index is 12.1. The molecule has 0 atom stereocenters. The summed E-state index contributed by atoms with van der Waals surface area (Å²) < 4.78 is 0. The molecule has 0 saturated carbocycles. The van der Waals surface area contributed by atoms with Gasteiger partial charge in [0.1, 0.15) is 0 Å². The minimum atomic E-state index is -0.0210. The Bertz CT molecular complexity index is 735. The number of hydrogen-bond donors (Lipinski definition) is 1. The van der Waals surface area contributed by atoms with Crippen LogP contribution < -0.4 is 0 Å². The predicted octanol–water partition coefficient (Wildman–Crippen LogP) is 4.15. The Morgan fingerprint density at radius 2 is 2.05 bits per heavy atom. The number of benzene rings is 1. The summed E-state index contributed by atoms with van der Waals surface area (Å²) in [6, 6.07) is 9.74. The molecule has 0 unspecified atom stereocenters. The standard InChI is InChI=1S/C17H14O2S/c1-2-13-9-12(17(19)20-13)10-15-14-6-4-3-5-11(14)7-8-16(15)18/h3-10,19H,2H2,1H3. The van der Waals surface area contributed by atoms with Crippen LogP contribution in [0.2, 0.25) is 0 Å². The maximum absolute atomic E-state index is 12.1. The van der Waals surface area contributed by atoms with Gasteiger partial charge in [0.05, 0.1) is 0 Å². The van der Waals surface area contributed by atoms with Gasteiger partial charge in [0.15, 0.2) is 10.8 Å². The fourth-order valence-corrected chi connectivity index (χ4v) is 3.12. The van der Waals surface area contributed by atoms with Gasteiger partial charge in [0.2, 0.25) is 0 Å². The Balaban J connectivity index is 2.12. The van der Waals surface area contributed by atoms with Crippen LogP contribution in [-0.2, 0) is 11.2 Å². The molecule has 0 bridgehead atoms. The van der Waals surface area contributed by atoms with Gasteiger partial charge in [-0.15, -0.1) is 11.3 Å². The molecular formula is C17H14O2S. The van der Waals surface area contributed by atoms with Crippen LogP contribution in [-0.4, -0.2) is 10.9 Å². The van der Waals surface area contributed by atoms with E-state index in [1.165, 1.54) is 11.3 Å². The third-order valence-electron chi connectivity index (χ3n) is 3.37. The Kier molecular flexibility index (Phi) is 3.28. The second-order valence-electron chi connectivity index (χ2n) is 4.67. The number of carbonyl (C=O) groups excluding carboxylic acids is 1. The minimum Gasteiger partial charge on any atom is -0.499 e. The maximum Gasteiger partial charge on any atom is 0.186 e. The Morgan fingerprint density at radius 1 is 1.25 bits per heavy atom. The normalized spacial score (nSPS) is 15.7. The van der Waals surface area contributed by atoms with Crippen LogP contribution in [0.5, 0.6) is 5.06 Å². The zero-order chi connectivity index (χ0) is 14.1. The molecule has 0 radical (unpaired) electrons. The summed E-state index contributed by atoms with van der Waals surface area (Å²) in [4.78, 5) is 13.2. The smallest absolute Gasteiger partial charge is 0.186 e. The van der Waals surface area contributed by atoms with Gasteiger partial charge in [-0.05, 0) is 35.8 Å². The predicted molar refractivity (Wildman–Crippen MR) is 83.7 cm³/mol. The van der Waals surface area contributed by atoms with Crippen LogP contribution >= 0.6 is 11.3 Å². The summed E-state index contributed by atoms with van der Waals surface area (Å²) >= 11 is 1.37. The van der Waals surface area contributed by atoms with Crippen LogP contribution in [0.4, 0.5) is 0 Å². The van der Waals surface area contributed by atoms with Crippen LogP contribution in [0.15, 0.2) is 36.4 Å². The first-order chi connectivity index (χ1) is 9.69. The average molecular weight is 282 g/mol. The summed E-state index contributed by atoms with van der Waals surface area (Å²) in [5.74, 6) is -0.0210. The molecule has 1 N–H and O–H groups in total. The van der Waals surface area contributed by atoms with E-state index < -0.39 is 0 Å². The van der Waals surface area contributed by atoms with Gasteiger partial charge in [-0.25, -0.2) is 0 Å². The summed E-state index contributed by atoms with van der Waals surface area (Å²) in [6.07, 6.45) is 6.08. The number of rotatable bonds is 2. The molecule has 1 aromatic heterocycles. The molecule has 1 aliphatic rings. The minimum absolute atomic E-state index is 0.0210. The lowest BCUT2D eigenvalue weighted by atomic mass is 9.90. The molecule has 2 nitrogen and oxygen atoms in total. The average Bonchev–Trinajstić information content (AvgIpc) is 2.82. The first-order valence-electron chi connectivity index (χ1n) is 6.54. The first kappa shape index (κ1) is 12.9. The van der Waals surface area contributed by atoms with Crippen molar-refractivity contribution in [3.8, 4) is 5.06 Å². The van der Waals surface area contributed by atoms with Crippen molar-refractivity contribution in [2.45, 2.75) is 13.3 Å². The number of aromatic hydroxyl groups is 1. The van der Waals surface area contributed by atoms with E-state index >= 15 is 0 Å². The van der Waals surface area contributed by atoms with Gasteiger partial charge >= 0.3 is 0 Å². The van der Waals surface area contributed by atoms with Crippen molar-refractivity contribution in [2.75, 3.05) is 0 Å². The van der Waals surface area contributed by atoms with Crippen LogP contribution in [0.1, 0.15) is 28.5 Å². The van der Waals surface area contributed by atoms with Gasteiger partial charge in [-0.1, -0.05) is 37.3 Å². The van der Waals surface area contributed by atoms with Crippen molar-refractivity contribution in [2.24, 2.45) is 0 Å². The summed E-state index contributed by atoms with van der Waals surface area (Å²) in [5, 5.41) is 10.2. The molecule has 0 spiro atoms. The van der Waals surface area contributed by atoms with Crippen molar-refractivity contribution < 1.29 is 9.90 Å². The van der Waals surface area contributed by atoms with Crippen LogP contribution in [0, 0.1) is 0 Å². The zero-order valence-corrected chi connectivity index (χ0v) is 11.9. The molecule has 2 aromatic rings. The molecule has 1 aromatic carbocycles. The van der Waals surface area contributed by atoms with Crippen molar-refractivity contribution >= 4 is 34.8 Å². The highest BCUT2D eigenvalue weighted by atomic mass is 32.1. The van der Waals surface area contributed by atoms with E-state index in [4.69, 9.17) is 0 Å². The number of allylic oxidation sites excluding steroid dienone is 2. The topological polar surface area (TPSA) is 37.3 Å². The SMILES string of the molecule is CCc1cc(C=C2C(=O)C=Cc3ccccc32)c(O)s1. The fourth-order valence-electron chi connectivity index (χ4n) is 2.31. The van der Waals surface area contributed by atoms with E-state index in [1.807, 2.05) is 43.3 Å². The monoisotopic (exact) mass is 282 g/mol. The number of hydrogen-bond acceptors (Lipinski definition) is 3. The largest absolute Gasteiger partial charge is 0.499 e. The molecular weight excluding hydrogens is 268 g/mol. The van der Waals surface area contributed by atoms with Gasteiger partial charge in [0.25, 0.3) is 0 Å². The van der Waals surface area contributed by atoms with Gasteiger partial charge in [-0.3, -0.25) is 4.79 Å². The quantitative estimate of drug-likeness (QED) is 0.840. The number of aryl methyl sites for hydroxylation is 1. The molecule has 1 heterocycles. The molecule has 0 amide bonds. The van der Waals surface area contributed by atoms with Gasteiger partial charge < -0.3 is 5.11 Å². The highest BCUT2D eigenvalue weighted by Crippen LogP contribution is 2.35. The highest BCUT2D eigenvalue weighted by Gasteiger charge is 2.17. The molecule has 0 saturated heterocycles. The lowest BCUT2D eigenvalue weighted by molar-refractivity contribution is -0.109. The molecule has 20 heavy (non-hydrogen) atoms. The zero-order valence-electron chi connectivity index (χ0n) is 11.1. The second-order valence-corrected chi connectivity index (χ2v) is 5.78. The molecule has 0 aliphatic heterocycles. The molecule has 0 fully saturated rings. The lowest BCUT2D eigenvalue weighted by Gasteiger charge is -2.12. The molecule has 3 rings (SSSR count). The fraction of sp³-hybridized carbons (Fsp3) is 0.118. The van der Waals surface area contributed by atoms with Gasteiger partial charge in [-0.2, -0.15) is 0 Å². The first-order valence-corrected chi connectivity index (χ1v) is 7.36. The van der Waals surface area contributed by atoms with E-state index in [0.29, 0.717) is 5.57 Å². The molecule has 3 heteroatoms. The van der Waals surface area contributed by atoms with E-state index in [2.05, 4.69) is 0 Å². The summed E-state index contributed by atoms with van der Waals surface area (Å²) in [7, 11) is 0. The third kappa shape index (κ3) is 2.21. The lowest BCUT2D eigenvalue weighted by Crippen LogP contribution is -2.04. The van der Waals surface area contributed by atoms with Crippen molar-refractivity contribution in [3.05, 3.63) is 58.0 Å². The van der Waals surface area contributed by atoms with Crippen molar-refractivity contribution in [3.63, 3.8) is 0 Å². The van der Waals surface area contributed by atoms with E-state index in [9.17, 15) is 9.90 Å². The summed E-state index contributed by atoms with van der Waals surface area (Å²) in [6.45, 7) is 2.05. The Hall–Kier alpha value is -2.13. The molecule has 1 aliphatic carbocycles. The Morgan fingerprint density at radius 3 is 2.80 bits per heavy atom. The number of fused-ring (bicyclic) bond motifs is 1. The van der Waals surface area contributed by atoms with E-state index in [1.54, 1.807) is 12.2 Å². The van der Waals surface area contributed by atoms with Crippen molar-refractivity contribution in [1.29, 1.82) is 0 Å². The number of ketones is 1. The van der Waals surface area contributed by atoms with Gasteiger partial charge in [0, 0.05) is 16.0 Å². The third-order valence-corrected chi connectivity index (χ3v) is 4.47. The van der Waals surface area contributed by atoms with Crippen molar-refractivity contribution in [1.82, 2.24) is 0 Å².